The van der Waals surface area contributed by atoms with Crippen molar-refractivity contribution >= 4 is 5.69 Å². The van der Waals surface area contributed by atoms with Gasteiger partial charge in [-0.05, 0) is 41.7 Å². The predicted octanol–water partition coefficient (Wildman–Crippen LogP) is 4.84. The standard InChI is InChI=1S/C20H19N/c1-15-7-12-19(20(21)13-15)18-10-8-17(9-11-18)14-16-5-3-2-4-6-16/h2-13H,14,21H2,1H3. The zero-order valence-electron chi connectivity index (χ0n) is 12.2. The summed E-state index contributed by atoms with van der Waals surface area (Å²) in [7, 11) is 0. The van der Waals surface area contributed by atoms with Gasteiger partial charge in [-0.15, -0.1) is 0 Å². The summed E-state index contributed by atoms with van der Waals surface area (Å²) in [6.45, 7) is 2.06. The Morgan fingerprint density at radius 1 is 0.762 bits per heavy atom. The first kappa shape index (κ1) is 13.4. The maximum atomic E-state index is 6.12. The number of benzene rings is 3. The topological polar surface area (TPSA) is 26.0 Å². The molecule has 0 aliphatic rings. The van der Waals surface area contributed by atoms with Crippen LogP contribution in [0, 0.1) is 6.92 Å². The summed E-state index contributed by atoms with van der Waals surface area (Å²) in [6.07, 6.45) is 0.963. The highest BCUT2D eigenvalue weighted by atomic mass is 14.6. The summed E-state index contributed by atoms with van der Waals surface area (Å²) >= 11 is 0. The zero-order valence-corrected chi connectivity index (χ0v) is 12.2. The number of rotatable bonds is 3. The number of nitrogens with two attached hydrogens (primary N) is 1. The second kappa shape index (κ2) is 5.84. The summed E-state index contributed by atoms with van der Waals surface area (Å²) in [6, 6.07) is 25.4. The fourth-order valence-electron chi connectivity index (χ4n) is 2.58. The lowest BCUT2D eigenvalue weighted by atomic mass is 9.98. The van der Waals surface area contributed by atoms with Gasteiger partial charge in [0.15, 0.2) is 0 Å². The third-order valence-corrected chi connectivity index (χ3v) is 3.72. The van der Waals surface area contributed by atoms with Gasteiger partial charge < -0.3 is 5.73 Å². The van der Waals surface area contributed by atoms with Crippen LogP contribution in [0.4, 0.5) is 5.69 Å². The molecule has 2 N–H and O–H groups in total. The van der Waals surface area contributed by atoms with Crippen molar-refractivity contribution in [1.29, 1.82) is 0 Å². The first-order chi connectivity index (χ1) is 10.2. The molecule has 0 spiro atoms. The lowest BCUT2D eigenvalue weighted by Crippen LogP contribution is -1.92. The third kappa shape index (κ3) is 3.14. The van der Waals surface area contributed by atoms with Gasteiger partial charge >= 0.3 is 0 Å². The molecule has 0 saturated heterocycles. The van der Waals surface area contributed by atoms with Crippen LogP contribution in [-0.4, -0.2) is 0 Å². The normalized spacial score (nSPS) is 10.5. The van der Waals surface area contributed by atoms with Crippen molar-refractivity contribution < 1.29 is 0 Å². The summed E-state index contributed by atoms with van der Waals surface area (Å²) in [5.41, 5.74) is 13.1. The van der Waals surface area contributed by atoms with Crippen molar-refractivity contribution in [3.63, 3.8) is 0 Å². The van der Waals surface area contributed by atoms with Gasteiger partial charge in [0.25, 0.3) is 0 Å². The van der Waals surface area contributed by atoms with Crippen LogP contribution < -0.4 is 5.73 Å². The van der Waals surface area contributed by atoms with E-state index in [1.165, 1.54) is 22.3 Å². The molecule has 0 atom stereocenters. The molecule has 0 heterocycles. The summed E-state index contributed by atoms with van der Waals surface area (Å²) in [5.74, 6) is 0. The fourth-order valence-corrected chi connectivity index (χ4v) is 2.58. The Kier molecular flexibility index (Phi) is 3.74. The Balaban J connectivity index is 1.84. The lowest BCUT2D eigenvalue weighted by molar-refractivity contribution is 1.19. The van der Waals surface area contributed by atoms with E-state index in [9.17, 15) is 0 Å². The monoisotopic (exact) mass is 273 g/mol. The molecule has 0 bridgehead atoms. The van der Waals surface area contributed by atoms with E-state index in [0.717, 1.165) is 17.7 Å². The van der Waals surface area contributed by atoms with Crippen molar-refractivity contribution in [2.75, 3.05) is 5.73 Å². The first-order valence-electron chi connectivity index (χ1n) is 7.22. The molecule has 0 radical (unpaired) electrons. The summed E-state index contributed by atoms with van der Waals surface area (Å²) < 4.78 is 0. The van der Waals surface area contributed by atoms with Crippen LogP contribution >= 0.6 is 0 Å². The van der Waals surface area contributed by atoms with Gasteiger partial charge in [0.2, 0.25) is 0 Å². The molecule has 0 saturated carbocycles. The van der Waals surface area contributed by atoms with Crippen molar-refractivity contribution in [1.82, 2.24) is 0 Å². The van der Waals surface area contributed by atoms with Crippen LogP contribution in [0.15, 0.2) is 72.8 Å². The molecule has 0 aliphatic carbocycles. The molecule has 3 rings (SSSR count). The van der Waals surface area contributed by atoms with Crippen LogP contribution in [-0.2, 0) is 6.42 Å². The van der Waals surface area contributed by atoms with Gasteiger partial charge in [0.1, 0.15) is 0 Å². The number of anilines is 1. The Morgan fingerprint density at radius 3 is 2.10 bits per heavy atom. The van der Waals surface area contributed by atoms with Gasteiger partial charge in [-0.2, -0.15) is 0 Å². The van der Waals surface area contributed by atoms with Gasteiger partial charge in [-0.3, -0.25) is 0 Å². The largest absolute Gasteiger partial charge is 0.398 e. The maximum Gasteiger partial charge on any atom is 0.0396 e. The van der Waals surface area contributed by atoms with Gasteiger partial charge in [0, 0.05) is 11.3 Å². The molecule has 0 aromatic heterocycles. The van der Waals surface area contributed by atoms with Crippen molar-refractivity contribution in [2.45, 2.75) is 13.3 Å². The highest BCUT2D eigenvalue weighted by molar-refractivity contribution is 5.76. The van der Waals surface area contributed by atoms with Crippen LogP contribution in [0.25, 0.3) is 11.1 Å². The molecule has 0 fully saturated rings. The minimum Gasteiger partial charge on any atom is -0.398 e. The van der Waals surface area contributed by atoms with Crippen LogP contribution in [0.3, 0.4) is 0 Å². The average molecular weight is 273 g/mol. The van der Waals surface area contributed by atoms with E-state index < -0.39 is 0 Å². The maximum absolute atomic E-state index is 6.12. The Bertz CT molecular complexity index is 728. The van der Waals surface area contributed by atoms with E-state index in [-0.39, 0.29) is 0 Å². The Labute approximate surface area is 126 Å². The number of nitrogen functional groups attached to an aromatic ring is 1. The predicted molar refractivity (Wildman–Crippen MR) is 90.3 cm³/mol. The minimum atomic E-state index is 0.839. The second-order valence-corrected chi connectivity index (χ2v) is 5.45. The van der Waals surface area contributed by atoms with Crippen LogP contribution in [0.2, 0.25) is 0 Å². The SMILES string of the molecule is Cc1ccc(-c2ccc(Cc3ccccc3)cc2)c(N)c1. The molecule has 1 heteroatoms. The summed E-state index contributed by atoms with van der Waals surface area (Å²) in [4.78, 5) is 0. The number of aryl methyl sites for hydroxylation is 1. The molecule has 3 aromatic rings. The first-order valence-corrected chi connectivity index (χ1v) is 7.22. The van der Waals surface area contributed by atoms with Gasteiger partial charge in [-0.1, -0.05) is 66.7 Å². The molecule has 3 aromatic carbocycles. The van der Waals surface area contributed by atoms with E-state index in [2.05, 4.69) is 67.6 Å². The average Bonchev–Trinajstić information content (AvgIpc) is 2.49. The van der Waals surface area contributed by atoms with Crippen molar-refractivity contribution in [3.8, 4) is 11.1 Å². The molecule has 104 valence electrons. The van der Waals surface area contributed by atoms with Crippen molar-refractivity contribution in [3.05, 3.63) is 89.5 Å². The molecule has 21 heavy (non-hydrogen) atoms. The number of hydrogen-bond acceptors (Lipinski definition) is 1. The van der Waals surface area contributed by atoms with E-state index in [4.69, 9.17) is 5.73 Å². The minimum absolute atomic E-state index is 0.839. The zero-order chi connectivity index (χ0) is 14.7. The Morgan fingerprint density at radius 2 is 1.43 bits per heavy atom. The highest BCUT2D eigenvalue weighted by Gasteiger charge is 2.03. The quantitative estimate of drug-likeness (QED) is 0.679. The van der Waals surface area contributed by atoms with E-state index in [1.807, 2.05) is 12.1 Å². The summed E-state index contributed by atoms with van der Waals surface area (Å²) in [5, 5.41) is 0. The van der Waals surface area contributed by atoms with E-state index in [0.29, 0.717) is 0 Å². The van der Waals surface area contributed by atoms with Gasteiger partial charge in [0.05, 0.1) is 0 Å². The highest BCUT2D eigenvalue weighted by Crippen LogP contribution is 2.27. The smallest absolute Gasteiger partial charge is 0.0396 e. The fraction of sp³-hybridized carbons (Fsp3) is 0.100. The lowest BCUT2D eigenvalue weighted by Gasteiger charge is -2.08. The molecular formula is C20H19N. The van der Waals surface area contributed by atoms with Crippen LogP contribution in [0.1, 0.15) is 16.7 Å². The molecule has 0 unspecified atom stereocenters. The molecule has 0 amide bonds. The van der Waals surface area contributed by atoms with Crippen LogP contribution in [0.5, 0.6) is 0 Å². The molecule has 0 aliphatic heterocycles. The number of hydrogen-bond donors (Lipinski definition) is 1. The van der Waals surface area contributed by atoms with E-state index in [1.54, 1.807) is 0 Å². The third-order valence-electron chi connectivity index (χ3n) is 3.72. The van der Waals surface area contributed by atoms with E-state index >= 15 is 0 Å². The molecular weight excluding hydrogens is 254 g/mol. The van der Waals surface area contributed by atoms with Crippen molar-refractivity contribution in [2.24, 2.45) is 0 Å². The Hall–Kier alpha value is -2.54. The second-order valence-electron chi connectivity index (χ2n) is 5.45. The molecule has 1 nitrogen and oxygen atoms in total. The van der Waals surface area contributed by atoms with Gasteiger partial charge in [-0.25, -0.2) is 0 Å².